The Bertz CT molecular complexity index is 153. The predicted molar refractivity (Wildman–Crippen MR) is 35.1 cm³/mol. The Hall–Kier alpha value is -0.680. The van der Waals surface area contributed by atoms with E-state index in [1.54, 1.807) is 0 Å². The first-order valence-electron chi connectivity index (χ1n) is 3.37. The molecule has 0 amide bonds. The highest BCUT2D eigenvalue weighted by molar-refractivity contribution is 5.69. The summed E-state index contributed by atoms with van der Waals surface area (Å²) >= 11 is 0. The minimum atomic E-state index is -1.07. The number of nitrogens with one attached hydrogen (secondary N) is 1. The summed E-state index contributed by atoms with van der Waals surface area (Å²) in [5.41, 5.74) is 0. The zero-order chi connectivity index (χ0) is 8.27. The van der Waals surface area contributed by atoms with Gasteiger partial charge in [0.15, 0.2) is 0 Å². The lowest BCUT2D eigenvalue weighted by Gasteiger charge is -2.09. The molecule has 5 heteroatoms. The predicted octanol–water partition coefficient (Wildman–Crippen LogP) is -0.603. The number of rotatable bonds is 3. The molecule has 2 atom stereocenters. The number of carboxylic acid groups (broad SMARTS) is 1. The zero-order valence-electron chi connectivity index (χ0n) is 5.92. The van der Waals surface area contributed by atoms with Crippen molar-refractivity contribution in [1.29, 1.82) is 0 Å². The lowest BCUT2D eigenvalue weighted by Crippen LogP contribution is -2.39. The van der Waals surface area contributed by atoms with Crippen LogP contribution in [0.15, 0.2) is 0 Å². The van der Waals surface area contributed by atoms with Crippen LogP contribution in [0.3, 0.4) is 0 Å². The highest BCUT2D eigenvalue weighted by Crippen LogP contribution is 2.08. The van der Waals surface area contributed by atoms with Gasteiger partial charge in [0.2, 0.25) is 0 Å². The first kappa shape index (κ1) is 8.42. The van der Waals surface area contributed by atoms with Gasteiger partial charge in [-0.3, -0.25) is 10.1 Å². The maximum Gasteiger partial charge on any atom is 0.317 e. The van der Waals surface area contributed by atoms with Crippen LogP contribution >= 0.6 is 0 Å². The van der Waals surface area contributed by atoms with Crippen molar-refractivity contribution in [3.63, 3.8) is 0 Å². The molecule has 2 N–H and O–H groups in total. The molecule has 1 aliphatic heterocycles. The van der Waals surface area contributed by atoms with Gasteiger partial charge in [0.25, 0.3) is 0 Å². The molecule has 64 valence electrons. The number of hydrogen-bond acceptors (Lipinski definition) is 3. The number of carbonyl (C=O) groups is 1. The normalized spacial score (nSPS) is 30.6. The van der Waals surface area contributed by atoms with Crippen LogP contribution in [-0.2, 0) is 9.53 Å². The molecule has 0 aromatic carbocycles. The summed E-state index contributed by atoms with van der Waals surface area (Å²) in [6, 6.07) is -0.453. The van der Waals surface area contributed by atoms with Crippen LogP contribution in [0.5, 0.6) is 0 Å². The molecule has 11 heavy (non-hydrogen) atoms. The van der Waals surface area contributed by atoms with Crippen molar-refractivity contribution in [2.75, 3.05) is 19.8 Å². The second-order valence-corrected chi connectivity index (χ2v) is 2.43. The molecular formula is C6H10FNO3. The maximum atomic E-state index is 12.7. The SMILES string of the molecule is O=C(O)CN[C@@H]1COC[C@H]1F. The van der Waals surface area contributed by atoms with E-state index in [9.17, 15) is 9.18 Å². The Morgan fingerprint density at radius 3 is 2.91 bits per heavy atom. The summed E-state index contributed by atoms with van der Waals surface area (Å²) < 4.78 is 17.4. The first-order valence-corrected chi connectivity index (χ1v) is 3.37. The molecule has 0 saturated carbocycles. The van der Waals surface area contributed by atoms with Crippen molar-refractivity contribution in [3.05, 3.63) is 0 Å². The average molecular weight is 163 g/mol. The van der Waals surface area contributed by atoms with Gasteiger partial charge in [-0.15, -0.1) is 0 Å². The smallest absolute Gasteiger partial charge is 0.317 e. The quantitative estimate of drug-likeness (QED) is 0.583. The monoisotopic (exact) mass is 163 g/mol. The molecule has 1 aliphatic rings. The van der Waals surface area contributed by atoms with E-state index in [1.807, 2.05) is 0 Å². The van der Waals surface area contributed by atoms with Gasteiger partial charge < -0.3 is 9.84 Å². The third-order valence-corrected chi connectivity index (χ3v) is 1.53. The third-order valence-electron chi connectivity index (χ3n) is 1.53. The highest BCUT2D eigenvalue weighted by Gasteiger charge is 2.27. The van der Waals surface area contributed by atoms with Crippen molar-refractivity contribution < 1.29 is 19.0 Å². The fourth-order valence-electron chi connectivity index (χ4n) is 0.933. The molecule has 1 saturated heterocycles. The summed E-state index contributed by atoms with van der Waals surface area (Å²) in [5.74, 6) is -0.982. The van der Waals surface area contributed by atoms with Crippen molar-refractivity contribution in [1.82, 2.24) is 5.32 Å². The molecule has 4 nitrogen and oxygen atoms in total. The second-order valence-electron chi connectivity index (χ2n) is 2.43. The van der Waals surface area contributed by atoms with Gasteiger partial charge in [-0.1, -0.05) is 0 Å². The third kappa shape index (κ3) is 2.44. The Morgan fingerprint density at radius 1 is 1.73 bits per heavy atom. The van der Waals surface area contributed by atoms with E-state index in [0.717, 1.165) is 0 Å². The number of hydrogen-bond donors (Lipinski definition) is 2. The number of alkyl halides is 1. The van der Waals surface area contributed by atoms with Gasteiger partial charge >= 0.3 is 5.97 Å². The van der Waals surface area contributed by atoms with Gasteiger partial charge in [0.1, 0.15) is 6.17 Å². The average Bonchev–Trinajstić information content (AvgIpc) is 2.31. The summed E-state index contributed by atoms with van der Waals surface area (Å²) in [5, 5.41) is 10.8. The van der Waals surface area contributed by atoms with Gasteiger partial charge in [-0.05, 0) is 0 Å². The van der Waals surface area contributed by atoms with Crippen LogP contribution < -0.4 is 5.32 Å². The molecule has 0 aliphatic carbocycles. The molecule has 1 rings (SSSR count). The van der Waals surface area contributed by atoms with Crippen LogP contribution in [0.1, 0.15) is 0 Å². The molecule has 0 bridgehead atoms. The maximum absolute atomic E-state index is 12.7. The van der Waals surface area contributed by atoms with Crippen molar-refractivity contribution in [2.45, 2.75) is 12.2 Å². The number of ether oxygens (including phenoxy) is 1. The number of carboxylic acids is 1. The van der Waals surface area contributed by atoms with E-state index < -0.39 is 18.2 Å². The lowest BCUT2D eigenvalue weighted by molar-refractivity contribution is -0.136. The minimum absolute atomic E-state index is 0.0668. The first-order chi connectivity index (χ1) is 5.20. The molecular weight excluding hydrogens is 153 g/mol. The molecule has 0 aromatic rings. The van der Waals surface area contributed by atoms with Crippen LogP contribution in [0.4, 0.5) is 4.39 Å². The number of aliphatic carboxylic acids is 1. The summed E-state index contributed by atoms with van der Waals surface area (Å²) in [7, 11) is 0. The van der Waals surface area contributed by atoms with E-state index in [1.165, 1.54) is 0 Å². The van der Waals surface area contributed by atoms with Gasteiger partial charge in [-0.25, -0.2) is 4.39 Å². The Kier molecular flexibility index (Phi) is 2.78. The van der Waals surface area contributed by atoms with Crippen molar-refractivity contribution >= 4 is 5.97 Å². The van der Waals surface area contributed by atoms with Crippen LogP contribution in [0, 0.1) is 0 Å². The van der Waals surface area contributed by atoms with E-state index in [2.05, 4.69) is 5.32 Å². The van der Waals surface area contributed by atoms with E-state index in [0.29, 0.717) is 0 Å². The second kappa shape index (κ2) is 3.64. The summed E-state index contributed by atoms with van der Waals surface area (Å²) in [6.07, 6.45) is -1.07. The molecule has 1 heterocycles. The summed E-state index contributed by atoms with van der Waals surface area (Å²) in [6.45, 7) is 0.111. The minimum Gasteiger partial charge on any atom is -0.480 e. The Labute approximate surface area is 63.3 Å². The van der Waals surface area contributed by atoms with Crippen LogP contribution in [0.2, 0.25) is 0 Å². The molecule has 0 unspecified atom stereocenters. The molecule has 0 spiro atoms. The molecule has 1 fully saturated rings. The standard InChI is InChI=1S/C6H10FNO3/c7-4-2-11-3-5(4)8-1-6(9)10/h4-5,8H,1-3H2,(H,9,10)/t4-,5-/m1/s1. The highest BCUT2D eigenvalue weighted by atomic mass is 19.1. The van der Waals surface area contributed by atoms with E-state index in [-0.39, 0.29) is 19.8 Å². The lowest BCUT2D eigenvalue weighted by atomic mass is 10.2. The van der Waals surface area contributed by atoms with Crippen molar-refractivity contribution in [2.24, 2.45) is 0 Å². The van der Waals surface area contributed by atoms with Gasteiger partial charge in [-0.2, -0.15) is 0 Å². The van der Waals surface area contributed by atoms with E-state index in [4.69, 9.17) is 9.84 Å². The Morgan fingerprint density at radius 2 is 2.45 bits per heavy atom. The van der Waals surface area contributed by atoms with Gasteiger partial charge in [0, 0.05) is 0 Å². The largest absolute Gasteiger partial charge is 0.480 e. The topological polar surface area (TPSA) is 58.6 Å². The fraction of sp³-hybridized carbons (Fsp3) is 0.833. The van der Waals surface area contributed by atoms with Gasteiger partial charge in [0.05, 0.1) is 25.8 Å². The number of halogens is 1. The summed E-state index contributed by atoms with van der Waals surface area (Å²) in [4.78, 5) is 10.0. The molecule has 0 aromatic heterocycles. The van der Waals surface area contributed by atoms with Crippen LogP contribution in [0.25, 0.3) is 0 Å². The Balaban J connectivity index is 2.20. The van der Waals surface area contributed by atoms with Crippen molar-refractivity contribution in [3.8, 4) is 0 Å². The van der Waals surface area contributed by atoms with Crippen LogP contribution in [-0.4, -0.2) is 43.0 Å². The molecule has 0 radical (unpaired) electrons. The fourth-order valence-corrected chi connectivity index (χ4v) is 0.933. The van der Waals surface area contributed by atoms with E-state index >= 15 is 0 Å². The zero-order valence-corrected chi connectivity index (χ0v) is 5.92.